The number of quaternary nitrogens is 1. The number of para-hydroxylation sites is 2. The average Bonchev–Trinajstić information content (AvgIpc) is 2.09. The van der Waals surface area contributed by atoms with Gasteiger partial charge >= 0.3 is 0 Å². The lowest BCUT2D eigenvalue weighted by Crippen LogP contribution is -2.59. The van der Waals surface area contributed by atoms with Crippen LogP contribution < -0.4 is 21.5 Å². The first-order chi connectivity index (χ1) is 5.34. The molecule has 62 valence electrons. The van der Waals surface area contributed by atoms with Gasteiger partial charge in [-0.25, -0.2) is 0 Å². The fraction of sp³-hybridized carbons (Fsp3) is 0.143. The number of hydrogen-bond donors (Lipinski definition) is 2. The summed E-state index contributed by atoms with van der Waals surface area (Å²) in [6.07, 6.45) is 0. The molecule has 4 nitrogen and oxygen atoms in total. The first-order valence-electron chi connectivity index (χ1n) is 3.05. The average molecular weight is 156 g/mol. The molecule has 0 spiro atoms. The second-order valence-electron chi connectivity index (χ2n) is 1.65. The van der Waals surface area contributed by atoms with E-state index in [1.807, 2.05) is 0 Å². The number of ether oxygens (including phenoxy) is 1. The minimum atomic E-state index is -0.0694. The summed E-state index contributed by atoms with van der Waals surface area (Å²) in [5.74, 6) is 7.33. The Kier molecular flexibility index (Phi) is 4.89. The molecule has 0 atom stereocenters. The molecule has 0 heterocycles. The third-order valence-corrected chi connectivity index (χ3v) is 1.07. The van der Waals surface area contributed by atoms with E-state index in [4.69, 9.17) is 4.74 Å². The molecule has 0 saturated carbocycles. The van der Waals surface area contributed by atoms with Crippen LogP contribution in [0.15, 0.2) is 24.3 Å². The Balaban J connectivity index is 0.000000461. The van der Waals surface area contributed by atoms with Gasteiger partial charge in [0.1, 0.15) is 5.75 Å². The first kappa shape index (κ1) is 9.74. The molecule has 1 rings (SSSR count). The minimum absolute atomic E-state index is 0.0694. The highest BCUT2D eigenvalue weighted by Crippen LogP contribution is 2.19. The van der Waals surface area contributed by atoms with E-state index >= 15 is 0 Å². The molecule has 11 heavy (non-hydrogen) atoms. The van der Waals surface area contributed by atoms with E-state index in [2.05, 4.69) is 11.7 Å². The molecule has 0 aromatic heterocycles. The molecule has 0 unspecified atom stereocenters. The Morgan fingerprint density at radius 3 is 2.27 bits per heavy atom. The summed E-state index contributed by atoms with van der Waals surface area (Å²) in [5.41, 5.74) is 0. The quantitative estimate of drug-likeness (QED) is 0.398. The number of benzene rings is 1. The Hall–Kier alpha value is -1.26. The van der Waals surface area contributed by atoms with Gasteiger partial charge in [-0.1, -0.05) is 23.9 Å². The van der Waals surface area contributed by atoms with Crippen molar-refractivity contribution >= 4 is 0 Å². The van der Waals surface area contributed by atoms with Crippen molar-refractivity contribution in [1.82, 2.24) is 0 Å². The van der Waals surface area contributed by atoms with Crippen LogP contribution in [0.25, 0.3) is 0 Å². The summed E-state index contributed by atoms with van der Waals surface area (Å²) in [4.78, 5) is 0. The molecule has 0 aliphatic carbocycles. The highest BCUT2D eigenvalue weighted by atomic mass is 16.5. The van der Waals surface area contributed by atoms with E-state index in [1.54, 1.807) is 18.2 Å². The molecule has 1 aromatic carbocycles. The van der Waals surface area contributed by atoms with Crippen molar-refractivity contribution in [1.29, 1.82) is 0 Å². The van der Waals surface area contributed by atoms with Crippen LogP contribution >= 0.6 is 0 Å². The second-order valence-corrected chi connectivity index (χ2v) is 1.65. The number of hydrogen-bond acceptors (Lipinski definition) is 3. The van der Waals surface area contributed by atoms with Crippen LogP contribution in [0.5, 0.6) is 11.5 Å². The number of methoxy groups -OCH3 is 1. The zero-order chi connectivity index (χ0) is 8.69. The van der Waals surface area contributed by atoms with Gasteiger partial charge in [-0.15, -0.1) is 0 Å². The maximum Gasteiger partial charge on any atom is 0.111 e. The van der Waals surface area contributed by atoms with Gasteiger partial charge in [-0.05, 0) is 6.07 Å². The summed E-state index contributed by atoms with van der Waals surface area (Å²) in [6.45, 7) is 0. The zero-order valence-corrected chi connectivity index (χ0v) is 6.41. The van der Waals surface area contributed by atoms with Crippen LogP contribution in [-0.2, 0) is 0 Å². The summed E-state index contributed by atoms with van der Waals surface area (Å²) >= 11 is 0. The Bertz CT molecular complexity index is 203. The molecule has 0 saturated heterocycles. The molecule has 0 fully saturated rings. The molecular formula is C7H12N2O2. The largest absolute Gasteiger partial charge is 0.870 e. The highest BCUT2D eigenvalue weighted by molar-refractivity contribution is 5.36. The van der Waals surface area contributed by atoms with Crippen LogP contribution in [0.4, 0.5) is 0 Å². The van der Waals surface area contributed by atoms with Crippen LogP contribution in [0.2, 0.25) is 0 Å². The van der Waals surface area contributed by atoms with Gasteiger partial charge in [0, 0.05) is 0 Å². The first-order valence-corrected chi connectivity index (χ1v) is 3.05. The Morgan fingerprint density at radius 1 is 1.36 bits per heavy atom. The molecule has 4 heteroatoms. The molecule has 0 amide bonds. The van der Waals surface area contributed by atoms with Gasteiger partial charge in [0.15, 0.2) is 0 Å². The van der Waals surface area contributed by atoms with Crippen molar-refractivity contribution in [2.45, 2.75) is 0 Å². The Morgan fingerprint density at radius 2 is 1.91 bits per heavy atom. The van der Waals surface area contributed by atoms with Crippen molar-refractivity contribution < 1.29 is 15.7 Å². The third-order valence-electron chi connectivity index (χ3n) is 1.07. The van der Waals surface area contributed by atoms with Crippen molar-refractivity contribution in [3.63, 3.8) is 0 Å². The summed E-state index contributed by atoms with van der Waals surface area (Å²) in [7, 11) is 1.48. The van der Waals surface area contributed by atoms with Gasteiger partial charge in [0.05, 0.1) is 7.11 Å². The maximum absolute atomic E-state index is 10.7. The van der Waals surface area contributed by atoms with Gasteiger partial charge in [-0.2, -0.15) is 5.84 Å². The summed E-state index contributed by atoms with van der Waals surface area (Å²) in [5, 5.41) is 10.7. The lowest BCUT2D eigenvalue weighted by molar-refractivity contribution is -0.379. The van der Waals surface area contributed by atoms with Crippen LogP contribution in [0.3, 0.4) is 0 Å². The van der Waals surface area contributed by atoms with E-state index in [0.29, 0.717) is 5.75 Å². The van der Waals surface area contributed by atoms with E-state index in [-0.39, 0.29) is 5.75 Å². The van der Waals surface area contributed by atoms with E-state index in [9.17, 15) is 5.11 Å². The monoisotopic (exact) mass is 156 g/mol. The zero-order valence-electron chi connectivity index (χ0n) is 6.41. The second kappa shape index (κ2) is 5.52. The SMILES string of the molecule is COc1ccccc1[O-].N[NH3+]. The summed E-state index contributed by atoms with van der Waals surface area (Å²) in [6, 6.07) is 6.56. The smallest absolute Gasteiger partial charge is 0.111 e. The normalized spacial score (nSPS) is 7.91. The van der Waals surface area contributed by atoms with Crippen molar-refractivity contribution in [2.24, 2.45) is 5.84 Å². The van der Waals surface area contributed by atoms with E-state index < -0.39 is 0 Å². The number of nitrogens with two attached hydrogens (primary N) is 1. The topological polar surface area (TPSA) is 86.0 Å². The lowest BCUT2D eigenvalue weighted by Gasteiger charge is -2.09. The molecular weight excluding hydrogens is 144 g/mol. The third kappa shape index (κ3) is 2.88. The predicted molar refractivity (Wildman–Crippen MR) is 39.5 cm³/mol. The van der Waals surface area contributed by atoms with E-state index in [0.717, 1.165) is 0 Å². The van der Waals surface area contributed by atoms with Crippen LogP contribution in [0.1, 0.15) is 0 Å². The van der Waals surface area contributed by atoms with Crippen LogP contribution in [-0.4, -0.2) is 7.11 Å². The standard InChI is InChI=1S/C7H8O2.H4N2/c1-9-7-5-3-2-4-6(7)8;1-2/h2-5,8H,1H3;1-2H2. The van der Waals surface area contributed by atoms with Gasteiger partial charge in [-0.3, -0.25) is 5.84 Å². The summed E-state index contributed by atoms with van der Waals surface area (Å²) < 4.78 is 4.73. The van der Waals surface area contributed by atoms with Gasteiger partial charge in [0.25, 0.3) is 0 Å². The molecule has 0 radical (unpaired) electrons. The molecule has 0 aliphatic heterocycles. The lowest BCUT2D eigenvalue weighted by atomic mass is 10.3. The van der Waals surface area contributed by atoms with Crippen molar-refractivity contribution in [3.05, 3.63) is 24.3 Å². The predicted octanol–water partition coefficient (Wildman–Crippen LogP) is -1.13. The van der Waals surface area contributed by atoms with Gasteiger partial charge < -0.3 is 9.84 Å². The van der Waals surface area contributed by atoms with Gasteiger partial charge in [0.2, 0.25) is 0 Å². The van der Waals surface area contributed by atoms with Crippen LogP contribution in [0, 0.1) is 0 Å². The van der Waals surface area contributed by atoms with Crippen molar-refractivity contribution in [3.8, 4) is 11.5 Å². The fourth-order valence-corrected chi connectivity index (χ4v) is 0.619. The molecule has 5 N–H and O–H groups in total. The fourth-order valence-electron chi connectivity index (χ4n) is 0.619. The highest BCUT2D eigenvalue weighted by Gasteiger charge is 1.85. The molecule has 0 bridgehead atoms. The minimum Gasteiger partial charge on any atom is -0.870 e. The van der Waals surface area contributed by atoms with E-state index in [1.165, 1.54) is 13.2 Å². The molecule has 1 aromatic rings. The molecule has 0 aliphatic rings. The maximum atomic E-state index is 10.7. The van der Waals surface area contributed by atoms with Crippen molar-refractivity contribution in [2.75, 3.05) is 7.11 Å². The Labute approximate surface area is 65.4 Å². The number of rotatable bonds is 1.